The quantitative estimate of drug-likeness (QED) is 0.898. The highest BCUT2D eigenvalue weighted by Gasteiger charge is 2.18. The van der Waals surface area contributed by atoms with E-state index in [1.807, 2.05) is 37.3 Å². The summed E-state index contributed by atoms with van der Waals surface area (Å²) in [4.78, 5) is 12.1. The highest BCUT2D eigenvalue weighted by molar-refractivity contribution is 5.98. The molecule has 19 heavy (non-hydrogen) atoms. The first-order valence-electron chi connectivity index (χ1n) is 6.15. The molecule has 0 saturated heterocycles. The lowest BCUT2D eigenvalue weighted by Gasteiger charge is -2.12. The molecule has 0 spiro atoms. The molecule has 0 aliphatic rings. The lowest BCUT2D eigenvalue weighted by Crippen LogP contribution is -2.35. The molecule has 0 bridgehead atoms. The topological polar surface area (TPSA) is 51.5 Å². The van der Waals surface area contributed by atoms with E-state index in [2.05, 4.69) is 5.32 Å². The van der Waals surface area contributed by atoms with E-state index in [9.17, 15) is 4.79 Å². The minimum atomic E-state index is -0.228. The first-order chi connectivity index (χ1) is 9.22. The fourth-order valence-corrected chi connectivity index (χ4v) is 1.91. The van der Waals surface area contributed by atoms with E-state index >= 15 is 0 Å². The number of amides is 1. The fourth-order valence-electron chi connectivity index (χ4n) is 1.91. The van der Waals surface area contributed by atoms with Crippen molar-refractivity contribution in [3.63, 3.8) is 0 Å². The van der Waals surface area contributed by atoms with Crippen LogP contribution in [0.2, 0.25) is 0 Å². The van der Waals surface area contributed by atoms with E-state index in [0.717, 1.165) is 11.1 Å². The zero-order valence-electron chi connectivity index (χ0n) is 11.1. The van der Waals surface area contributed by atoms with Crippen LogP contribution in [0.5, 0.6) is 0 Å². The molecule has 2 aromatic rings. The summed E-state index contributed by atoms with van der Waals surface area (Å²) in [6, 6.07) is 11.4. The van der Waals surface area contributed by atoms with E-state index in [1.54, 1.807) is 13.2 Å². The van der Waals surface area contributed by atoms with Gasteiger partial charge in [0.05, 0.1) is 12.9 Å². The average molecular weight is 259 g/mol. The summed E-state index contributed by atoms with van der Waals surface area (Å²) < 4.78 is 10.3. The van der Waals surface area contributed by atoms with Crippen LogP contribution in [0.15, 0.2) is 47.1 Å². The summed E-state index contributed by atoms with van der Waals surface area (Å²) in [5.74, 6) is 0.0996. The van der Waals surface area contributed by atoms with Gasteiger partial charge >= 0.3 is 0 Å². The minimum absolute atomic E-state index is 0.0637. The number of carbonyl (C=O) groups excluding carboxylic acids is 1. The third-order valence-electron chi connectivity index (χ3n) is 2.75. The molecular formula is C15H17NO3. The predicted octanol–water partition coefficient (Wildman–Crippen LogP) is 2.71. The Morgan fingerprint density at radius 1 is 1.32 bits per heavy atom. The minimum Gasteiger partial charge on any atom is -0.459 e. The van der Waals surface area contributed by atoms with Gasteiger partial charge in [-0.3, -0.25) is 4.79 Å². The summed E-state index contributed by atoms with van der Waals surface area (Å²) in [6.45, 7) is 2.35. The molecule has 0 aliphatic carbocycles. The third kappa shape index (κ3) is 3.23. The van der Waals surface area contributed by atoms with Crippen LogP contribution in [0.3, 0.4) is 0 Å². The van der Waals surface area contributed by atoms with Crippen LogP contribution < -0.4 is 5.32 Å². The zero-order valence-corrected chi connectivity index (χ0v) is 11.1. The van der Waals surface area contributed by atoms with Gasteiger partial charge in [0.2, 0.25) is 0 Å². The van der Waals surface area contributed by atoms with Gasteiger partial charge in [-0.05, 0) is 18.6 Å². The summed E-state index contributed by atoms with van der Waals surface area (Å²) in [6.07, 6.45) is 1.53. The molecule has 4 heteroatoms. The number of hydrogen-bond acceptors (Lipinski definition) is 3. The number of furan rings is 1. The second-order valence-electron chi connectivity index (χ2n) is 4.36. The van der Waals surface area contributed by atoms with Crippen LogP contribution >= 0.6 is 0 Å². The highest BCUT2D eigenvalue weighted by atomic mass is 16.5. The van der Waals surface area contributed by atoms with Crippen molar-refractivity contribution in [1.29, 1.82) is 0 Å². The Hall–Kier alpha value is -2.07. The van der Waals surface area contributed by atoms with Gasteiger partial charge in [-0.1, -0.05) is 30.3 Å². The van der Waals surface area contributed by atoms with Gasteiger partial charge in [0.1, 0.15) is 0 Å². The molecule has 0 fully saturated rings. The summed E-state index contributed by atoms with van der Waals surface area (Å²) in [5.41, 5.74) is 1.75. The molecule has 1 aromatic carbocycles. The molecule has 1 atom stereocenters. The smallest absolute Gasteiger partial charge is 0.287 e. The van der Waals surface area contributed by atoms with Crippen LogP contribution in [0.4, 0.5) is 0 Å². The van der Waals surface area contributed by atoms with Crippen molar-refractivity contribution in [2.45, 2.75) is 13.0 Å². The largest absolute Gasteiger partial charge is 0.459 e. The van der Waals surface area contributed by atoms with Gasteiger partial charge in [0.25, 0.3) is 5.91 Å². The Morgan fingerprint density at radius 3 is 2.74 bits per heavy atom. The molecule has 1 aromatic heterocycles. The number of carbonyl (C=O) groups is 1. The molecule has 0 aliphatic heterocycles. The van der Waals surface area contributed by atoms with Gasteiger partial charge in [0, 0.05) is 18.7 Å². The molecule has 4 nitrogen and oxygen atoms in total. The number of methoxy groups -OCH3 is 1. The maximum Gasteiger partial charge on any atom is 0.287 e. The Kier molecular flexibility index (Phi) is 4.36. The molecular weight excluding hydrogens is 242 g/mol. The first-order valence-corrected chi connectivity index (χ1v) is 6.15. The van der Waals surface area contributed by atoms with Crippen LogP contribution in [0.1, 0.15) is 17.5 Å². The van der Waals surface area contributed by atoms with E-state index in [4.69, 9.17) is 9.15 Å². The lowest BCUT2D eigenvalue weighted by atomic mass is 10.1. The molecule has 100 valence electrons. The van der Waals surface area contributed by atoms with Gasteiger partial charge in [-0.2, -0.15) is 0 Å². The molecule has 0 saturated carbocycles. The number of hydrogen-bond donors (Lipinski definition) is 1. The monoisotopic (exact) mass is 259 g/mol. The van der Waals surface area contributed by atoms with Crippen molar-refractivity contribution < 1.29 is 13.9 Å². The molecule has 2 rings (SSSR count). The van der Waals surface area contributed by atoms with Crippen molar-refractivity contribution in [3.05, 3.63) is 48.4 Å². The van der Waals surface area contributed by atoms with Crippen molar-refractivity contribution >= 4 is 5.91 Å². The lowest BCUT2D eigenvalue weighted by molar-refractivity contribution is 0.0879. The molecule has 1 heterocycles. The third-order valence-corrected chi connectivity index (χ3v) is 2.75. The number of nitrogens with one attached hydrogen (secondary N) is 1. The van der Waals surface area contributed by atoms with E-state index in [1.165, 1.54) is 6.26 Å². The van der Waals surface area contributed by atoms with E-state index in [0.29, 0.717) is 12.4 Å². The summed E-state index contributed by atoms with van der Waals surface area (Å²) in [5, 5.41) is 2.84. The Balaban J connectivity index is 2.18. The molecule has 1 N–H and O–H groups in total. The standard InChI is InChI=1S/C15H17NO3/c1-11(10-18-2)16-15(17)14-13(8-9-19-14)12-6-4-3-5-7-12/h3-9,11H,10H2,1-2H3,(H,16,17). The first kappa shape index (κ1) is 13.4. The number of benzene rings is 1. The molecule has 1 amide bonds. The van der Waals surface area contributed by atoms with Crippen LogP contribution in [0.25, 0.3) is 11.1 Å². The molecule has 1 unspecified atom stereocenters. The van der Waals surface area contributed by atoms with E-state index in [-0.39, 0.29) is 11.9 Å². The zero-order chi connectivity index (χ0) is 13.7. The van der Waals surface area contributed by atoms with Gasteiger partial charge < -0.3 is 14.5 Å². The van der Waals surface area contributed by atoms with Crippen LogP contribution in [-0.2, 0) is 4.74 Å². The summed E-state index contributed by atoms with van der Waals surface area (Å²) in [7, 11) is 1.60. The normalized spacial score (nSPS) is 12.1. The second-order valence-corrected chi connectivity index (χ2v) is 4.36. The second kappa shape index (κ2) is 6.20. The number of ether oxygens (including phenoxy) is 1. The Morgan fingerprint density at radius 2 is 2.05 bits per heavy atom. The summed E-state index contributed by atoms with van der Waals surface area (Å²) >= 11 is 0. The Bertz CT molecular complexity index is 533. The maximum atomic E-state index is 12.1. The predicted molar refractivity (Wildman–Crippen MR) is 72.9 cm³/mol. The van der Waals surface area contributed by atoms with Crippen molar-refractivity contribution in [2.75, 3.05) is 13.7 Å². The van der Waals surface area contributed by atoms with Crippen LogP contribution in [-0.4, -0.2) is 25.7 Å². The van der Waals surface area contributed by atoms with Crippen molar-refractivity contribution in [2.24, 2.45) is 0 Å². The van der Waals surface area contributed by atoms with Crippen molar-refractivity contribution in [1.82, 2.24) is 5.32 Å². The van der Waals surface area contributed by atoms with Crippen LogP contribution in [0, 0.1) is 0 Å². The van der Waals surface area contributed by atoms with Gasteiger partial charge in [-0.25, -0.2) is 0 Å². The van der Waals surface area contributed by atoms with Gasteiger partial charge in [0.15, 0.2) is 5.76 Å². The maximum absolute atomic E-state index is 12.1. The average Bonchev–Trinajstić information content (AvgIpc) is 2.89. The molecule has 0 radical (unpaired) electrons. The van der Waals surface area contributed by atoms with E-state index < -0.39 is 0 Å². The fraction of sp³-hybridized carbons (Fsp3) is 0.267. The van der Waals surface area contributed by atoms with Gasteiger partial charge in [-0.15, -0.1) is 0 Å². The number of rotatable bonds is 5. The van der Waals surface area contributed by atoms with Crippen molar-refractivity contribution in [3.8, 4) is 11.1 Å². The Labute approximate surface area is 112 Å². The highest BCUT2D eigenvalue weighted by Crippen LogP contribution is 2.24. The SMILES string of the molecule is COCC(C)NC(=O)c1occc1-c1ccccc1.